The van der Waals surface area contributed by atoms with Gasteiger partial charge in [0.05, 0.1) is 26.4 Å². The first-order chi connectivity index (χ1) is 31.6. The molecule has 0 heterocycles. The highest BCUT2D eigenvalue weighted by Gasteiger charge is 2.27. The highest BCUT2D eigenvalue weighted by Crippen LogP contribution is 2.42. The second-order valence-corrected chi connectivity index (χ2v) is 20.9. The fraction of sp³-hybridized carbons (Fsp3) is 0.855. The molecule has 1 aliphatic carbocycles. The molecule has 0 spiro atoms. The molecule has 0 aliphatic heterocycles. The van der Waals surface area contributed by atoms with Gasteiger partial charge in [0.1, 0.15) is 6.04 Å². The van der Waals surface area contributed by atoms with Crippen LogP contribution in [0.2, 0.25) is 0 Å². The molecule has 4 N–H and O–H groups in total. The van der Waals surface area contributed by atoms with Crippen molar-refractivity contribution in [1.82, 2.24) is 21.3 Å². The Balaban J connectivity index is 2.32. The van der Waals surface area contributed by atoms with E-state index in [1.165, 1.54) is 109 Å². The van der Waals surface area contributed by atoms with Gasteiger partial charge in [0, 0.05) is 52.6 Å². The zero-order valence-electron chi connectivity index (χ0n) is 43.8. The van der Waals surface area contributed by atoms with E-state index in [1.54, 1.807) is 11.1 Å². The van der Waals surface area contributed by atoms with Gasteiger partial charge in [-0.15, -0.1) is 6.58 Å². The van der Waals surface area contributed by atoms with Crippen LogP contribution in [0.4, 0.5) is 0 Å². The number of ether oxygens (including phenoxy) is 3. The third kappa shape index (κ3) is 35.4. The maximum Gasteiger partial charge on any atom is 0.242 e. The Morgan fingerprint density at radius 1 is 0.606 bits per heavy atom. The Hall–Kier alpha value is -2.76. The van der Waals surface area contributed by atoms with Crippen molar-refractivity contribution in [1.29, 1.82) is 0 Å². The molecule has 0 aromatic rings. The Labute approximate surface area is 404 Å². The molecule has 66 heavy (non-hydrogen) atoms. The second-order valence-electron chi connectivity index (χ2n) is 20.9. The lowest BCUT2D eigenvalue weighted by Gasteiger charge is -2.34. The number of allylic oxidation sites excluding steroid dienone is 3. The average Bonchev–Trinajstić information content (AvgIpc) is 3.25. The van der Waals surface area contributed by atoms with E-state index >= 15 is 0 Å². The van der Waals surface area contributed by atoms with Gasteiger partial charge in [0.25, 0.3) is 0 Å². The number of amides is 4. The maximum absolute atomic E-state index is 13.3. The number of hydrogen-bond donors (Lipinski definition) is 4. The summed E-state index contributed by atoms with van der Waals surface area (Å²) in [4.78, 5) is 49.8. The van der Waals surface area contributed by atoms with Crippen molar-refractivity contribution in [3.8, 4) is 0 Å². The summed E-state index contributed by atoms with van der Waals surface area (Å²) in [5.74, 6) is -0.178. The monoisotopic (exact) mass is 931 g/mol. The highest BCUT2D eigenvalue weighted by molar-refractivity contribution is 5.87. The Kier molecular flexibility index (Phi) is 36.3. The summed E-state index contributed by atoms with van der Waals surface area (Å²) >= 11 is 0. The topological polar surface area (TPSA) is 144 Å². The predicted octanol–water partition coefficient (Wildman–Crippen LogP) is 11.8. The summed E-state index contributed by atoms with van der Waals surface area (Å²) < 4.78 is 16.7. The molecule has 0 bridgehead atoms. The molecule has 11 heteroatoms. The molecule has 0 fully saturated rings. The Bertz CT molecular complexity index is 1350. The first-order valence-corrected chi connectivity index (χ1v) is 26.8. The smallest absolute Gasteiger partial charge is 0.242 e. The SMILES string of the molecule is C=C(C)CCCC(C)(C)CCCCCCCCCC(=O)NCCCC[C@H](NC(=O)CCCCCCCCC1=C(C)CCCC1(C)C)C(=O)NCCCOCCOCCOCCCNC(C)=O. The van der Waals surface area contributed by atoms with E-state index < -0.39 is 6.04 Å². The number of hydrogen-bond acceptors (Lipinski definition) is 7. The van der Waals surface area contributed by atoms with E-state index in [-0.39, 0.29) is 23.6 Å². The molecule has 0 aromatic carbocycles. The van der Waals surface area contributed by atoms with Crippen molar-refractivity contribution in [3.63, 3.8) is 0 Å². The summed E-state index contributed by atoms with van der Waals surface area (Å²) in [7, 11) is 0. The van der Waals surface area contributed by atoms with Crippen LogP contribution in [0.15, 0.2) is 23.3 Å². The molecule has 0 radical (unpaired) electrons. The fourth-order valence-electron chi connectivity index (χ4n) is 9.10. The number of unbranched alkanes of at least 4 members (excludes halogenated alkanes) is 12. The Morgan fingerprint density at radius 3 is 1.71 bits per heavy atom. The average molecular weight is 931 g/mol. The van der Waals surface area contributed by atoms with Gasteiger partial charge in [-0.05, 0) is 127 Å². The van der Waals surface area contributed by atoms with Gasteiger partial charge in [0.15, 0.2) is 0 Å². The van der Waals surface area contributed by atoms with Gasteiger partial charge in [-0.25, -0.2) is 0 Å². The largest absolute Gasteiger partial charge is 0.379 e. The number of carbonyl (C=O) groups excluding carboxylic acids is 4. The third-order valence-corrected chi connectivity index (χ3v) is 13.2. The van der Waals surface area contributed by atoms with Crippen LogP contribution in [0.5, 0.6) is 0 Å². The zero-order chi connectivity index (χ0) is 48.7. The van der Waals surface area contributed by atoms with E-state index in [0.29, 0.717) is 95.8 Å². The molecular formula is C55H102N4O7. The van der Waals surface area contributed by atoms with Gasteiger partial charge in [0.2, 0.25) is 23.6 Å². The van der Waals surface area contributed by atoms with E-state index in [0.717, 1.165) is 57.8 Å². The quantitative estimate of drug-likeness (QED) is 0.0352. The van der Waals surface area contributed by atoms with Gasteiger partial charge >= 0.3 is 0 Å². The van der Waals surface area contributed by atoms with Crippen LogP contribution >= 0.6 is 0 Å². The highest BCUT2D eigenvalue weighted by atomic mass is 16.5. The maximum atomic E-state index is 13.3. The molecule has 1 atom stereocenters. The number of carbonyl (C=O) groups is 4. The van der Waals surface area contributed by atoms with Crippen molar-refractivity contribution in [3.05, 3.63) is 23.3 Å². The van der Waals surface area contributed by atoms with Gasteiger partial charge in [-0.3, -0.25) is 19.2 Å². The second kappa shape index (κ2) is 39.1. The summed E-state index contributed by atoms with van der Waals surface area (Å²) in [5.41, 5.74) is 5.36. The third-order valence-electron chi connectivity index (χ3n) is 13.2. The van der Waals surface area contributed by atoms with Crippen LogP contribution in [0, 0.1) is 10.8 Å². The lowest BCUT2D eigenvalue weighted by atomic mass is 9.71. The van der Waals surface area contributed by atoms with Crippen LogP contribution in [-0.2, 0) is 33.4 Å². The van der Waals surface area contributed by atoms with Crippen LogP contribution in [-0.4, -0.2) is 88.9 Å². The van der Waals surface area contributed by atoms with E-state index in [4.69, 9.17) is 14.2 Å². The van der Waals surface area contributed by atoms with Gasteiger partial charge in [-0.1, -0.05) is 109 Å². The first-order valence-electron chi connectivity index (χ1n) is 26.8. The minimum absolute atomic E-state index is 0.0358. The lowest BCUT2D eigenvalue weighted by molar-refractivity contribution is -0.129. The molecule has 1 aliphatic rings. The van der Waals surface area contributed by atoms with E-state index in [2.05, 4.69) is 69.4 Å². The summed E-state index contributed by atoms with van der Waals surface area (Å²) in [6.07, 6.45) is 29.4. The molecule has 0 saturated carbocycles. The van der Waals surface area contributed by atoms with Crippen molar-refractivity contribution >= 4 is 23.6 Å². The number of rotatable bonds is 44. The first kappa shape index (κ1) is 61.3. The molecular weight excluding hydrogens is 829 g/mol. The normalized spacial score (nSPS) is 14.2. The van der Waals surface area contributed by atoms with Crippen molar-refractivity contribution in [2.24, 2.45) is 10.8 Å². The minimum atomic E-state index is -0.602. The molecule has 0 saturated heterocycles. The molecule has 11 nitrogen and oxygen atoms in total. The molecule has 1 rings (SSSR count). The summed E-state index contributed by atoms with van der Waals surface area (Å²) in [6.45, 7) is 24.2. The zero-order valence-corrected chi connectivity index (χ0v) is 43.8. The van der Waals surface area contributed by atoms with Crippen molar-refractivity contribution in [2.45, 2.75) is 234 Å². The molecule has 384 valence electrons. The van der Waals surface area contributed by atoms with Crippen LogP contribution in [0.3, 0.4) is 0 Å². The summed E-state index contributed by atoms with van der Waals surface area (Å²) in [6, 6.07) is -0.602. The minimum Gasteiger partial charge on any atom is -0.379 e. The van der Waals surface area contributed by atoms with Crippen LogP contribution in [0.25, 0.3) is 0 Å². The molecule has 4 amide bonds. The van der Waals surface area contributed by atoms with Crippen molar-refractivity contribution < 1.29 is 33.4 Å². The van der Waals surface area contributed by atoms with E-state index in [9.17, 15) is 19.2 Å². The summed E-state index contributed by atoms with van der Waals surface area (Å²) in [5, 5.41) is 11.8. The Morgan fingerprint density at radius 2 is 1.12 bits per heavy atom. The van der Waals surface area contributed by atoms with Crippen LogP contribution < -0.4 is 21.3 Å². The number of nitrogens with one attached hydrogen (secondary N) is 4. The van der Waals surface area contributed by atoms with Gasteiger partial charge in [-0.2, -0.15) is 0 Å². The molecule has 0 unspecified atom stereocenters. The van der Waals surface area contributed by atoms with E-state index in [1.807, 2.05) is 0 Å². The van der Waals surface area contributed by atoms with Gasteiger partial charge < -0.3 is 35.5 Å². The predicted molar refractivity (Wildman–Crippen MR) is 273 cm³/mol. The van der Waals surface area contributed by atoms with Crippen molar-refractivity contribution in [2.75, 3.05) is 59.3 Å². The lowest BCUT2D eigenvalue weighted by Crippen LogP contribution is -2.47. The standard InChI is InChI=1S/C55H102N4O7/c1-46(2)28-24-35-54(5,6)34-22-17-13-9-10-15-19-32-51(61)57-37-23-21-31-50(53(63)58-39-27-41-65-43-45-66-44-42-64-40-26-38-56-48(4)60)59-52(62)33-20-16-12-11-14-18-30-49-47(3)29-25-36-55(49,7)8/h50H,1,9-45H2,2-8H3,(H,56,60)(H,57,61)(H,58,63)(H,59,62)/t50-/m0/s1. The molecule has 0 aromatic heterocycles. The van der Waals surface area contributed by atoms with Crippen LogP contribution in [0.1, 0.15) is 228 Å². The fourth-order valence-corrected chi connectivity index (χ4v) is 9.10.